The van der Waals surface area contributed by atoms with Crippen LogP contribution < -0.4 is 10.1 Å². The van der Waals surface area contributed by atoms with E-state index in [1.807, 2.05) is 12.1 Å². The molecule has 2 saturated heterocycles. The second kappa shape index (κ2) is 8.48. The Balaban J connectivity index is 1.23. The molecule has 4 aliphatic rings. The number of nitrogens with zero attached hydrogens (tertiary/aromatic N) is 2. The Morgan fingerprint density at radius 1 is 1.09 bits per heavy atom. The molecule has 8 heteroatoms. The van der Waals surface area contributed by atoms with Gasteiger partial charge in [0.25, 0.3) is 5.91 Å². The Kier molecular flexibility index (Phi) is 5.67. The number of hydrogen-bond donors (Lipinski definition) is 1. The molecule has 1 aromatic carbocycles. The summed E-state index contributed by atoms with van der Waals surface area (Å²) < 4.78 is 12.3. The van der Waals surface area contributed by atoms with Gasteiger partial charge in [-0.05, 0) is 63.3 Å². The third-order valence-electron chi connectivity index (χ3n) is 7.01. The van der Waals surface area contributed by atoms with E-state index >= 15 is 0 Å². The van der Waals surface area contributed by atoms with Crippen LogP contribution in [0.5, 0.6) is 5.75 Å². The molecule has 8 nitrogen and oxygen atoms in total. The van der Waals surface area contributed by atoms with Crippen molar-refractivity contribution in [2.24, 2.45) is 0 Å². The van der Waals surface area contributed by atoms with Gasteiger partial charge in [-0.25, -0.2) is 0 Å². The summed E-state index contributed by atoms with van der Waals surface area (Å²) in [6.45, 7) is 6.44. The predicted molar refractivity (Wildman–Crippen MR) is 116 cm³/mol. The number of benzene rings is 1. The van der Waals surface area contributed by atoms with Crippen molar-refractivity contribution in [1.82, 2.24) is 15.1 Å². The molecule has 3 amide bonds. The Morgan fingerprint density at radius 3 is 2.66 bits per heavy atom. The summed E-state index contributed by atoms with van der Waals surface area (Å²) >= 11 is 0. The number of fused-ring (bicyclic) bond motifs is 1. The quantitative estimate of drug-likeness (QED) is 0.678. The summed E-state index contributed by atoms with van der Waals surface area (Å²) in [4.78, 5) is 40.6. The van der Waals surface area contributed by atoms with Crippen molar-refractivity contribution >= 4 is 17.7 Å². The first-order valence-electron chi connectivity index (χ1n) is 11.7. The van der Waals surface area contributed by atoms with Crippen molar-refractivity contribution in [2.75, 3.05) is 13.1 Å². The number of rotatable bonds is 6. The number of imide groups is 1. The maximum atomic E-state index is 12.9. The van der Waals surface area contributed by atoms with E-state index in [0.717, 1.165) is 43.7 Å². The molecule has 3 heterocycles. The molecule has 0 radical (unpaired) electrons. The number of likely N-dealkylation sites (tertiary alicyclic amines) is 1. The van der Waals surface area contributed by atoms with Crippen LogP contribution in [-0.2, 0) is 20.9 Å². The zero-order chi connectivity index (χ0) is 22.4. The minimum Gasteiger partial charge on any atom is -0.489 e. The van der Waals surface area contributed by atoms with Crippen molar-refractivity contribution in [3.8, 4) is 5.75 Å². The summed E-state index contributed by atoms with van der Waals surface area (Å²) in [5.41, 5.74) is 1.49. The molecule has 3 aliphatic heterocycles. The van der Waals surface area contributed by atoms with E-state index < -0.39 is 6.04 Å². The highest BCUT2D eigenvalue weighted by Crippen LogP contribution is 2.34. The highest BCUT2D eigenvalue weighted by molar-refractivity contribution is 6.05. The van der Waals surface area contributed by atoms with E-state index in [4.69, 9.17) is 9.47 Å². The first kappa shape index (κ1) is 21.4. The van der Waals surface area contributed by atoms with E-state index in [1.54, 1.807) is 11.0 Å². The number of piperidine rings is 1. The van der Waals surface area contributed by atoms with Gasteiger partial charge in [-0.3, -0.25) is 24.6 Å². The molecule has 3 fully saturated rings. The van der Waals surface area contributed by atoms with Gasteiger partial charge in [0, 0.05) is 37.7 Å². The molecule has 32 heavy (non-hydrogen) atoms. The maximum Gasteiger partial charge on any atom is 0.255 e. The van der Waals surface area contributed by atoms with E-state index in [1.165, 1.54) is 0 Å². The number of hydrogen-bond acceptors (Lipinski definition) is 6. The van der Waals surface area contributed by atoms with E-state index in [0.29, 0.717) is 30.7 Å². The normalized spacial score (nSPS) is 28.8. The van der Waals surface area contributed by atoms with Gasteiger partial charge < -0.3 is 14.4 Å². The smallest absolute Gasteiger partial charge is 0.255 e. The molecule has 172 valence electrons. The highest BCUT2D eigenvalue weighted by Gasteiger charge is 2.42. The second-order valence-corrected chi connectivity index (χ2v) is 9.63. The lowest BCUT2D eigenvalue weighted by Crippen LogP contribution is -2.59. The van der Waals surface area contributed by atoms with Crippen LogP contribution in [0.4, 0.5) is 0 Å². The molecule has 5 rings (SSSR count). The summed E-state index contributed by atoms with van der Waals surface area (Å²) in [5.74, 6) is -0.0471. The SMILES string of the molecule is CC(C)OC1CN([C@H]2CCC[C@H]2Oc2ccc3c(c2)CN(C2CCC(=O)NC2=O)C3=O)C1. The van der Waals surface area contributed by atoms with Crippen molar-refractivity contribution in [3.63, 3.8) is 0 Å². The van der Waals surface area contributed by atoms with Gasteiger partial charge in [0.15, 0.2) is 0 Å². The number of carbonyl (C=O) groups excluding carboxylic acids is 3. The van der Waals surface area contributed by atoms with E-state index in [2.05, 4.69) is 24.1 Å². The fourth-order valence-electron chi connectivity index (χ4n) is 5.47. The molecular weight excluding hydrogens is 410 g/mol. The van der Waals surface area contributed by atoms with Crippen molar-refractivity contribution in [3.05, 3.63) is 29.3 Å². The number of nitrogens with one attached hydrogen (secondary N) is 1. The van der Waals surface area contributed by atoms with Crippen LogP contribution in [0.2, 0.25) is 0 Å². The second-order valence-electron chi connectivity index (χ2n) is 9.63. The Bertz CT molecular complexity index is 926. The molecule has 0 spiro atoms. The van der Waals surface area contributed by atoms with Crippen molar-refractivity contribution in [1.29, 1.82) is 0 Å². The van der Waals surface area contributed by atoms with Gasteiger partial charge in [0.05, 0.1) is 12.2 Å². The third kappa shape index (κ3) is 4.01. The van der Waals surface area contributed by atoms with Gasteiger partial charge in [-0.1, -0.05) is 0 Å². The lowest BCUT2D eigenvalue weighted by Gasteiger charge is -2.45. The zero-order valence-corrected chi connectivity index (χ0v) is 18.7. The lowest BCUT2D eigenvalue weighted by molar-refractivity contribution is -0.136. The average Bonchev–Trinajstić information content (AvgIpc) is 3.28. The Hall–Kier alpha value is -2.45. The average molecular weight is 442 g/mol. The molecule has 0 bridgehead atoms. The lowest BCUT2D eigenvalue weighted by atomic mass is 10.0. The Labute approximate surface area is 188 Å². The maximum absolute atomic E-state index is 12.9. The minimum atomic E-state index is -0.594. The molecule has 1 saturated carbocycles. The van der Waals surface area contributed by atoms with Crippen molar-refractivity contribution in [2.45, 2.75) is 82.9 Å². The third-order valence-corrected chi connectivity index (χ3v) is 7.01. The summed E-state index contributed by atoms with van der Waals surface area (Å²) in [7, 11) is 0. The predicted octanol–water partition coefficient (Wildman–Crippen LogP) is 1.86. The number of carbonyl (C=O) groups is 3. The van der Waals surface area contributed by atoms with E-state index in [9.17, 15) is 14.4 Å². The topological polar surface area (TPSA) is 88.2 Å². The molecular formula is C24H31N3O5. The van der Waals surface area contributed by atoms with Gasteiger partial charge >= 0.3 is 0 Å². The summed E-state index contributed by atoms with van der Waals surface area (Å²) in [6, 6.07) is 5.41. The first-order chi connectivity index (χ1) is 15.4. The standard InChI is InChI=1S/C24H31N3O5/c1-14(2)31-17-12-26(13-17)19-4-3-5-21(19)32-16-6-7-18-15(10-16)11-27(24(18)30)20-8-9-22(28)25-23(20)29/h6-7,10,14,17,19-21H,3-5,8-9,11-13H2,1-2H3,(H,25,28,29)/t19-,20?,21+/m0/s1. The van der Waals surface area contributed by atoms with Gasteiger partial charge in [0.2, 0.25) is 11.8 Å². The van der Waals surface area contributed by atoms with Gasteiger partial charge in [-0.15, -0.1) is 0 Å². The van der Waals surface area contributed by atoms with Crippen LogP contribution in [0.15, 0.2) is 18.2 Å². The largest absolute Gasteiger partial charge is 0.489 e. The van der Waals surface area contributed by atoms with Crippen LogP contribution in [0.3, 0.4) is 0 Å². The molecule has 1 unspecified atom stereocenters. The molecule has 3 atom stereocenters. The van der Waals surface area contributed by atoms with Crippen LogP contribution in [0.1, 0.15) is 61.9 Å². The Morgan fingerprint density at radius 2 is 1.91 bits per heavy atom. The minimum absolute atomic E-state index is 0.136. The number of amides is 3. The summed E-state index contributed by atoms with van der Waals surface area (Å²) in [5, 5.41) is 2.34. The fraction of sp³-hybridized carbons (Fsp3) is 0.625. The number of ether oxygens (including phenoxy) is 2. The monoisotopic (exact) mass is 441 g/mol. The zero-order valence-electron chi connectivity index (χ0n) is 18.7. The van der Waals surface area contributed by atoms with Crippen molar-refractivity contribution < 1.29 is 23.9 Å². The molecule has 1 aliphatic carbocycles. The van der Waals surface area contributed by atoms with Crippen LogP contribution >= 0.6 is 0 Å². The summed E-state index contributed by atoms with van der Waals surface area (Å²) in [6.07, 6.45) is 4.64. The molecule has 1 N–H and O–H groups in total. The van der Waals surface area contributed by atoms with Crippen LogP contribution in [-0.4, -0.2) is 71.0 Å². The van der Waals surface area contributed by atoms with Gasteiger partial charge in [-0.2, -0.15) is 0 Å². The highest BCUT2D eigenvalue weighted by atomic mass is 16.5. The molecule has 0 aromatic heterocycles. The van der Waals surface area contributed by atoms with Gasteiger partial charge in [0.1, 0.15) is 17.9 Å². The first-order valence-corrected chi connectivity index (χ1v) is 11.7. The van der Waals surface area contributed by atoms with Crippen LogP contribution in [0.25, 0.3) is 0 Å². The van der Waals surface area contributed by atoms with E-state index in [-0.39, 0.29) is 36.4 Å². The molecule has 1 aromatic rings. The fourth-order valence-corrected chi connectivity index (χ4v) is 5.47. The van der Waals surface area contributed by atoms with Crippen LogP contribution in [0, 0.1) is 0 Å².